The third-order valence-corrected chi connectivity index (χ3v) is 5.68. The number of likely N-dealkylation sites (tertiary alicyclic amines) is 1. The molecule has 3 aliphatic rings. The first-order chi connectivity index (χ1) is 12.7. The fourth-order valence-electron chi connectivity index (χ4n) is 4.12. The molecule has 1 N–H and O–H groups in total. The SMILES string of the molecule is O=C(NC1CC1)[C@@H]1C[C@H](Oc2cccnc2)CN1C(=O)CC1CCCC1. The molecule has 0 bridgehead atoms. The Morgan fingerprint density at radius 2 is 2.04 bits per heavy atom. The Labute approximate surface area is 154 Å². The molecule has 2 atom stereocenters. The number of amides is 2. The van der Waals surface area contributed by atoms with Gasteiger partial charge in [0.05, 0.1) is 12.7 Å². The molecule has 1 saturated heterocycles. The van der Waals surface area contributed by atoms with Crippen LogP contribution in [0.5, 0.6) is 5.75 Å². The largest absolute Gasteiger partial charge is 0.487 e. The lowest BCUT2D eigenvalue weighted by Gasteiger charge is -2.25. The lowest BCUT2D eigenvalue weighted by molar-refractivity contribution is -0.139. The van der Waals surface area contributed by atoms with Gasteiger partial charge in [0.1, 0.15) is 17.9 Å². The van der Waals surface area contributed by atoms with E-state index in [1.54, 1.807) is 17.3 Å². The number of rotatable bonds is 6. The third-order valence-electron chi connectivity index (χ3n) is 5.68. The molecule has 6 nitrogen and oxygen atoms in total. The van der Waals surface area contributed by atoms with Gasteiger partial charge in [0, 0.05) is 25.1 Å². The average Bonchev–Trinajstić information content (AvgIpc) is 3.13. The quantitative estimate of drug-likeness (QED) is 0.848. The molecule has 3 fully saturated rings. The van der Waals surface area contributed by atoms with E-state index in [0.717, 1.165) is 25.7 Å². The second-order valence-corrected chi connectivity index (χ2v) is 7.86. The van der Waals surface area contributed by atoms with Gasteiger partial charge in [-0.25, -0.2) is 0 Å². The van der Waals surface area contributed by atoms with Crippen LogP contribution in [0.3, 0.4) is 0 Å². The summed E-state index contributed by atoms with van der Waals surface area (Å²) in [5, 5.41) is 3.06. The van der Waals surface area contributed by atoms with Crippen LogP contribution in [-0.2, 0) is 9.59 Å². The molecule has 1 aliphatic heterocycles. The first kappa shape index (κ1) is 17.3. The molecule has 0 radical (unpaired) electrons. The Morgan fingerprint density at radius 3 is 2.73 bits per heavy atom. The fourth-order valence-corrected chi connectivity index (χ4v) is 4.12. The van der Waals surface area contributed by atoms with Gasteiger partial charge in [-0.05, 0) is 43.7 Å². The van der Waals surface area contributed by atoms with E-state index >= 15 is 0 Å². The number of ether oxygens (including phenoxy) is 1. The molecular formula is C20H27N3O3. The normalized spacial score (nSPS) is 26.1. The van der Waals surface area contributed by atoms with E-state index in [-0.39, 0.29) is 17.9 Å². The highest BCUT2D eigenvalue weighted by Gasteiger charge is 2.42. The van der Waals surface area contributed by atoms with E-state index < -0.39 is 6.04 Å². The fraction of sp³-hybridized carbons (Fsp3) is 0.650. The highest BCUT2D eigenvalue weighted by atomic mass is 16.5. The van der Waals surface area contributed by atoms with Crippen molar-refractivity contribution in [3.05, 3.63) is 24.5 Å². The Bertz CT molecular complexity index is 641. The second kappa shape index (κ2) is 7.64. The minimum absolute atomic E-state index is 0.0236. The Morgan fingerprint density at radius 1 is 1.23 bits per heavy atom. The van der Waals surface area contributed by atoms with Crippen molar-refractivity contribution in [2.24, 2.45) is 5.92 Å². The van der Waals surface area contributed by atoms with Crippen molar-refractivity contribution in [2.75, 3.05) is 6.54 Å². The molecule has 1 aromatic rings. The summed E-state index contributed by atoms with van der Waals surface area (Å²) < 4.78 is 5.99. The summed E-state index contributed by atoms with van der Waals surface area (Å²) in [6.07, 6.45) is 11.1. The van der Waals surface area contributed by atoms with Crippen LogP contribution in [0.15, 0.2) is 24.5 Å². The zero-order chi connectivity index (χ0) is 17.9. The van der Waals surface area contributed by atoms with Gasteiger partial charge >= 0.3 is 0 Å². The number of carbonyl (C=O) groups excluding carboxylic acids is 2. The number of nitrogens with zero attached hydrogens (tertiary/aromatic N) is 2. The van der Waals surface area contributed by atoms with Gasteiger partial charge in [0.2, 0.25) is 11.8 Å². The minimum Gasteiger partial charge on any atom is -0.487 e. The summed E-state index contributed by atoms with van der Waals surface area (Å²) in [7, 11) is 0. The summed E-state index contributed by atoms with van der Waals surface area (Å²) in [6, 6.07) is 3.57. The van der Waals surface area contributed by atoms with Crippen LogP contribution < -0.4 is 10.1 Å². The maximum atomic E-state index is 12.9. The van der Waals surface area contributed by atoms with Crippen molar-refractivity contribution in [1.82, 2.24) is 15.2 Å². The Kier molecular flexibility index (Phi) is 5.09. The molecule has 4 rings (SSSR count). The van der Waals surface area contributed by atoms with Crippen molar-refractivity contribution in [3.8, 4) is 5.75 Å². The van der Waals surface area contributed by atoms with Gasteiger partial charge in [0.15, 0.2) is 0 Å². The van der Waals surface area contributed by atoms with Gasteiger partial charge in [-0.3, -0.25) is 14.6 Å². The van der Waals surface area contributed by atoms with Gasteiger partial charge < -0.3 is 15.0 Å². The van der Waals surface area contributed by atoms with Crippen molar-refractivity contribution >= 4 is 11.8 Å². The smallest absolute Gasteiger partial charge is 0.243 e. The summed E-state index contributed by atoms with van der Waals surface area (Å²) >= 11 is 0. The molecule has 2 amide bonds. The monoisotopic (exact) mass is 357 g/mol. The maximum Gasteiger partial charge on any atom is 0.243 e. The van der Waals surface area contributed by atoms with Gasteiger partial charge in [0.25, 0.3) is 0 Å². The average molecular weight is 357 g/mol. The van der Waals surface area contributed by atoms with Crippen molar-refractivity contribution in [1.29, 1.82) is 0 Å². The summed E-state index contributed by atoms with van der Waals surface area (Å²) in [4.78, 5) is 31.4. The Balaban J connectivity index is 1.42. The van der Waals surface area contributed by atoms with E-state index in [1.807, 2.05) is 12.1 Å². The number of nitrogens with one attached hydrogen (secondary N) is 1. The molecule has 140 valence electrons. The van der Waals surface area contributed by atoms with E-state index in [2.05, 4.69) is 10.3 Å². The zero-order valence-corrected chi connectivity index (χ0v) is 15.1. The number of carbonyl (C=O) groups is 2. The number of aromatic nitrogens is 1. The van der Waals surface area contributed by atoms with Crippen LogP contribution in [0.1, 0.15) is 51.4 Å². The first-order valence-corrected chi connectivity index (χ1v) is 9.85. The molecule has 6 heteroatoms. The van der Waals surface area contributed by atoms with Crippen molar-refractivity contribution in [3.63, 3.8) is 0 Å². The van der Waals surface area contributed by atoms with Crippen LogP contribution in [0.4, 0.5) is 0 Å². The number of hydrogen-bond donors (Lipinski definition) is 1. The molecule has 2 heterocycles. The molecule has 1 aromatic heterocycles. The predicted molar refractivity (Wildman–Crippen MR) is 96.5 cm³/mol. The topological polar surface area (TPSA) is 71.5 Å². The van der Waals surface area contributed by atoms with E-state index in [4.69, 9.17) is 4.74 Å². The second-order valence-electron chi connectivity index (χ2n) is 7.86. The standard InChI is InChI=1S/C20H27N3O3/c24-19(10-14-4-1-2-5-14)23-13-17(26-16-6-3-9-21-12-16)11-18(23)20(25)22-15-7-8-15/h3,6,9,12,14-15,17-18H,1-2,4-5,7-8,10-11,13H2,(H,22,25)/t17-,18-/m0/s1. The van der Waals surface area contributed by atoms with Gasteiger partial charge in [-0.1, -0.05) is 12.8 Å². The van der Waals surface area contributed by atoms with E-state index in [0.29, 0.717) is 37.1 Å². The zero-order valence-electron chi connectivity index (χ0n) is 15.1. The van der Waals surface area contributed by atoms with Gasteiger partial charge in [-0.2, -0.15) is 0 Å². The lowest BCUT2D eigenvalue weighted by Crippen LogP contribution is -2.46. The van der Waals surface area contributed by atoms with Crippen molar-refractivity contribution in [2.45, 2.75) is 69.6 Å². The van der Waals surface area contributed by atoms with Crippen LogP contribution in [0, 0.1) is 5.92 Å². The summed E-state index contributed by atoms with van der Waals surface area (Å²) in [5.74, 6) is 1.24. The molecule has 0 spiro atoms. The highest BCUT2D eigenvalue weighted by molar-refractivity contribution is 5.88. The highest BCUT2D eigenvalue weighted by Crippen LogP contribution is 2.31. The third kappa shape index (κ3) is 4.17. The van der Waals surface area contributed by atoms with Crippen LogP contribution >= 0.6 is 0 Å². The number of pyridine rings is 1. The Hall–Kier alpha value is -2.11. The number of hydrogen-bond acceptors (Lipinski definition) is 4. The van der Waals surface area contributed by atoms with E-state index in [1.165, 1.54) is 12.8 Å². The molecular weight excluding hydrogens is 330 g/mol. The molecule has 2 aliphatic carbocycles. The maximum absolute atomic E-state index is 12.9. The molecule has 2 saturated carbocycles. The molecule has 26 heavy (non-hydrogen) atoms. The lowest BCUT2D eigenvalue weighted by atomic mass is 10.0. The van der Waals surface area contributed by atoms with Crippen LogP contribution in [0.25, 0.3) is 0 Å². The van der Waals surface area contributed by atoms with Crippen molar-refractivity contribution < 1.29 is 14.3 Å². The summed E-state index contributed by atoms with van der Waals surface area (Å²) in [5.41, 5.74) is 0. The molecule has 0 aromatic carbocycles. The molecule has 0 unspecified atom stereocenters. The van der Waals surface area contributed by atoms with Crippen LogP contribution in [0.2, 0.25) is 0 Å². The van der Waals surface area contributed by atoms with E-state index in [9.17, 15) is 9.59 Å². The minimum atomic E-state index is -0.411. The van der Waals surface area contributed by atoms with Gasteiger partial charge in [-0.15, -0.1) is 0 Å². The first-order valence-electron chi connectivity index (χ1n) is 9.85. The van der Waals surface area contributed by atoms with Crippen LogP contribution in [-0.4, -0.2) is 46.4 Å². The predicted octanol–water partition coefficient (Wildman–Crippen LogP) is 2.29. The summed E-state index contributed by atoms with van der Waals surface area (Å²) in [6.45, 7) is 0.475.